The lowest BCUT2D eigenvalue weighted by atomic mass is 10.1. The summed E-state index contributed by atoms with van der Waals surface area (Å²) in [6.07, 6.45) is 5.12. The number of anilines is 1. The lowest BCUT2D eigenvalue weighted by Crippen LogP contribution is -2.31. The molecule has 0 aliphatic carbocycles. The lowest BCUT2D eigenvalue weighted by Gasteiger charge is -2.26. The second-order valence-corrected chi connectivity index (χ2v) is 7.91. The zero-order valence-electron chi connectivity index (χ0n) is 13.9. The fraction of sp³-hybridized carbons (Fsp3) is 0.412. The third-order valence-corrected chi connectivity index (χ3v) is 5.38. The highest BCUT2D eigenvalue weighted by molar-refractivity contribution is 7.88. The van der Waals surface area contributed by atoms with Gasteiger partial charge in [-0.05, 0) is 43.0 Å². The molecule has 1 aromatic carbocycles. The van der Waals surface area contributed by atoms with Crippen molar-refractivity contribution < 1.29 is 12.8 Å². The SMILES string of the molecule is O=S(=O)(Cc1ccc(F)cc1)NCc1ccnc(N2CCCCC2)n1. The van der Waals surface area contributed by atoms with Gasteiger partial charge in [-0.3, -0.25) is 0 Å². The number of rotatable bonds is 6. The molecule has 1 aliphatic rings. The summed E-state index contributed by atoms with van der Waals surface area (Å²) in [6.45, 7) is 1.96. The Morgan fingerprint density at radius 3 is 2.52 bits per heavy atom. The number of hydrogen-bond donors (Lipinski definition) is 1. The molecule has 2 aromatic rings. The van der Waals surface area contributed by atoms with Gasteiger partial charge in [0.05, 0.1) is 18.0 Å². The van der Waals surface area contributed by atoms with Crippen molar-refractivity contribution in [3.8, 4) is 0 Å². The van der Waals surface area contributed by atoms with Crippen molar-refractivity contribution in [3.05, 3.63) is 53.6 Å². The van der Waals surface area contributed by atoms with Crippen molar-refractivity contribution in [1.29, 1.82) is 0 Å². The maximum absolute atomic E-state index is 12.9. The molecule has 0 spiro atoms. The van der Waals surface area contributed by atoms with E-state index < -0.39 is 10.0 Å². The van der Waals surface area contributed by atoms with Crippen LogP contribution in [0.1, 0.15) is 30.5 Å². The van der Waals surface area contributed by atoms with Gasteiger partial charge in [0.1, 0.15) is 5.82 Å². The predicted molar refractivity (Wildman–Crippen MR) is 94.0 cm³/mol. The molecule has 1 aromatic heterocycles. The Labute approximate surface area is 147 Å². The molecule has 0 amide bonds. The van der Waals surface area contributed by atoms with Crippen molar-refractivity contribution in [1.82, 2.24) is 14.7 Å². The molecule has 1 aliphatic heterocycles. The molecule has 1 N–H and O–H groups in total. The zero-order chi connectivity index (χ0) is 17.7. The van der Waals surface area contributed by atoms with Gasteiger partial charge >= 0.3 is 0 Å². The van der Waals surface area contributed by atoms with Crippen molar-refractivity contribution in [3.63, 3.8) is 0 Å². The Bertz CT molecular complexity index is 806. The highest BCUT2D eigenvalue weighted by Crippen LogP contribution is 2.15. The smallest absolute Gasteiger partial charge is 0.225 e. The van der Waals surface area contributed by atoms with Gasteiger partial charge in [-0.2, -0.15) is 0 Å². The van der Waals surface area contributed by atoms with E-state index in [1.807, 2.05) is 0 Å². The number of nitrogens with zero attached hydrogens (tertiary/aromatic N) is 3. The van der Waals surface area contributed by atoms with Crippen molar-refractivity contribution in [2.45, 2.75) is 31.6 Å². The minimum absolute atomic E-state index is 0.104. The molecule has 0 unspecified atom stereocenters. The second-order valence-electron chi connectivity index (χ2n) is 6.10. The number of piperidine rings is 1. The molecular formula is C17H21FN4O2S. The first-order valence-corrected chi connectivity index (χ1v) is 9.96. The van der Waals surface area contributed by atoms with Crippen LogP contribution in [0.3, 0.4) is 0 Å². The van der Waals surface area contributed by atoms with Crippen LogP contribution in [0, 0.1) is 5.82 Å². The van der Waals surface area contributed by atoms with Gasteiger partial charge in [0.2, 0.25) is 16.0 Å². The van der Waals surface area contributed by atoms with Crippen molar-refractivity contribution >= 4 is 16.0 Å². The largest absolute Gasteiger partial charge is 0.341 e. The lowest BCUT2D eigenvalue weighted by molar-refractivity contribution is 0.565. The van der Waals surface area contributed by atoms with E-state index in [0.29, 0.717) is 17.2 Å². The number of sulfonamides is 1. The summed E-state index contributed by atoms with van der Waals surface area (Å²) >= 11 is 0. The van der Waals surface area contributed by atoms with Gasteiger partial charge in [0.15, 0.2) is 0 Å². The maximum Gasteiger partial charge on any atom is 0.225 e. The molecule has 3 rings (SSSR count). The number of halogens is 1. The molecule has 0 bridgehead atoms. The second kappa shape index (κ2) is 7.88. The molecule has 1 fully saturated rings. The van der Waals surface area contributed by atoms with E-state index in [0.717, 1.165) is 25.9 Å². The summed E-state index contributed by atoms with van der Waals surface area (Å²) in [4.78, 5) is 10.9. The molecule has 0 saturated carbocycles. The Hall–Kier alpha value is -2.06. The summed E-state index contributed by atoms with van der Waals surface area (Å²) in [7, 11) is -3.53. The molecule has 6 nitrogen and oxygen atoms in total. The Balaban J connectivity index is 1.61. The molecule has 1 saturated heterocycles. The van der Waals surface area contributed by atoms with Gasteiger partial charge in [0, 0.05) is 19.3 Å². The number of aromatic nitrogens is 2. The van der Waals surface area contributed by atoms with Gasteiger partial charge < -0.3 is 4.90 Å². The van der Waals surface area contributed by atoms with E-state index in [-0.39, 0.29) is 18.1 Å². The molecule has 25 heavy (non-hydrogen) atoms. The molecule has 0 atom stereocenters. The van der Waals surface area contributed by atoms with Crippen LogP contribution in [0.25, 0.3) is 0 Å². The summed E-state index contributed by atoms with van der Waals surface area (Å²) in [5.74, 6) is 0.0624. The average molecular weight is 364 g/mol. The molecule has 2 heterocycles. The third kappa shape index (κ3) is 5.20. The van der Waals surface area contributed by atoms with E-state index in [1.54, 1.807) is 12.3 Å². The fourth-order valence-electron chi connectivity index (χ4n) is 2.76. The predicted octanol–water partition coefficient (Wildman–Crippen LogP) is 2.23. The highest BCUT2D eigenvalue weighted by atomic mass is 32.2. The highest BCUT2D eigenvalue weighted by Gasteiger charge is 2.15. The molecule has 8 heteroatoms. The minimum Gasteiger partial charge on any atom is -0.341 e. The zero-order valence-corrected chi connectivity index (χ0v) is 14.7. The van der Waals surface area contributed by atoms with Crippen LogP contribution < -0.4 is 9.62 Å². The van der Waals surface area contributed by atoms with Crippen LogP contribution in [-0.2, 0) is 22.3 Å². The van der Waals surface area contributed by atoms with E-state index in [4.69, 9.17) is 0 Å². The third-order valence-electron chi connectivity index (χ3n) is 4.08. The van der Waals surface area contributed by atoms with Gasteiger partial charge in [-0.25, -0.2) is 27.5 Å². The monoisotopic (exact) mass is 364 g/mol. The van der Waals surface area contributed by atoms with Crippen molar-refractivity contribution in [2.75, 3.05) is 18.0 Å². The number of nitrogens with one attached hydrogen (secondary N) is 1. The van der Waals surface area contributed by atoms with Gasteiger partial charge in [-0.15, -0.1) is 0 Å². The maximum atomic E-state index is 12.9. The Morgan fingerprint density at radius 1 is 1.08 bits per heavy atom. The van der Waals surface area contributed by atoms with Crippen LogP contribution in [-0.4, -0.2) is 31.5 Å². The summed E-state index contributed by atoms with van der Waals surface area (Å²) in [5.41, 5.74) is 1.16. The first kappa shape index (κ1) is 17.8. The average Bonchev–Trinajstić information content (AvgIpc) is 2.63. The van der Waals surface area contributed by atoms with E-state index in [9.17, 15) is 12.8 Å². The summed E-state index contributed by atoms with van der Waals surface area (Å²) < 4.78 is 39.8. The Kier molecular flexibility index (Phi) is 5.60. The molecular weight excluding hydrogens is 343 g/mol. The van der Waals surface area contributed by atoms with Crippen molar-refractivity contribution in [2.24, 2.45) is 0 Å². The van der Waals surface area contributed by atoms with Crippen LogP contribution >= 0.6 is 0 Å². The molecule has 0 radical (unpaired) electrons. The molecule has 134 valence electrons. The van der Waals surface area contributed by atoms with Gasteiger partial charge in [-0.1, -0.05) is 12.1 Å². The van der Waals surface area contributed by atoms with E-state index in [2.05, 4.69) is 19.6 Å². The van der Waals surface area contributed by atoms with Crippen LogP contribution in [0.4, 0.5) is 10.3 Å². The minimum atomic E-state index is -3.53. The number of hydrogen-bond acceptors (Lipinski definition) is 5. The summed E-state index contributed by atoms with van der Waals surface area (Å²) in [6, 6.07) is 7.13. The van der Waals surface area contributed by atoms with Crippen LogP contribution in [0.5, 0.6) is 0 Å². The number of benzene rings is 1. The summed E-state index contributed by atoms with van der Waals surface area (Å²) in [5, 5.41) is 0. The standard InChI is InChI=1S/C17H21FN4O2S/c18-15-6-4-14(5-7-15)13-25(23,24)20-12-16-8-9-19-17(21-16)22-10-2-1-3-11-22/h4-9,20H,1-3,10-13H2. The van der Waals surface area contributed by atoms with Crippen LogP contribution in [0.15, 0.2) is 36.5 Å². The first-order chi connectivity index (χ1) is 12.0. The van der Waals surface area contributed by atoms with E-state index in [1.165, 1.54) is 30.7 Å². The Morgan fingerprint density at radius 2 is 1.80 bits per heavy atom. The van der Waals surface area contributed by atoms with E-state index >= 15 is 0 Å². The van der Waals surface area contributed by atoms with Gasteiger partial charge in [0.25, 0.3) is 0 Å². The normalized spacial score (nSPS) is 15.3. The van der Waals surface area contributed by atoms with Crippen LogP contribution in [0.2, 0.25) is 0 Å². The topological polar surface area (TPSA) is 75.2 Å². The first-order valence-electron chi connectivity index (χ1n) is 8.30. The fourth-order valence-corrected chi connectivity index (χ4v) is 3.87. The quantitative estimate of drug-likeness (QED) is 0.851.